The molecule has 0 saturated heterocycles. The number of nitrogens with zero attached hydrogens (tertiary/aromatic N) is 3. The minimum Gasteiger partial charge on any atom is -0.273 e. The number of amides is 1. The zero-order valence-corrected chi connectivity index (χ0v) is 9.78. The number of carbonyl (C=O) groups is 1. The Balaban J connectivity index is 1.88. The normalized spacial score (nSPS) is 15.5. The topological polar surface area (TPSA) is 59.3 Å². The lowest BCUT2D eigenvalue weighted by atomic mass is 10.1. The molecule has 3 heterocycles. The van der Waals surface area contributed by atoms with Crippen LogP contribution in [0.25, 0.3) is 5.00 Å². The molecule has 2 aromatic rings. The van der Waals surface area contributed by atoms with Crippen molar-refractivity contribution >= 4 is 23.0 Å². The molecule has 1 aliphatic rings. The Morgan fingerprint density at radius 3 is 3.00 bits per heavy atom. The summed E-state index contributed by atoms with van der Waals surface area (Å²) in [4.78, 5) is 12.1. The van der Waals surface area contributed by atoms with Gasteiger partial charge < -0.3 is 0 Å². The smallest absolute Gasteiger partial charge is 0.240 e. The standard InChI is InChI=1S/C11H10N4OS/c16-10-4-2-8(13-14-10)9-3-5-11(17-9)15-7-1-6-12-15/h1,3,5-7H,2,4H2,(H,14,16). The molecule has 0 radical (unpaired) electrons. The van der Waals surface area contributed by atoms with E-state index in [1.54, 1.807) is 17.5 Å². The third kappa shape index (κ3) is 1.99. The van der Waals surface area contributed by atoms with Crippen LogP contribution >= 0.6 is 11.3 Å². The van der Waals surface area contributed by atoms with Crippen LogP contribution in [-0.2, 0) is 4.79 Å². The number of hydrogen-bond donors (Lipinski definition) is 1. The molecule has 5 nitrogen and oxygen atoms in total. The molecule has 0 bridgehead atoms. The summed E-state index contributed by atoms with van der Waals surface area (Å²) in [6.07, 6.45) is 4.86. The molecule has 3 rings (SSSR count). The molecule has 1 N–H and O–H groups in total. The van der Waals surface area contributed by atoms with E-state index >= 15 is 0 Å². The molecule has 1 aliphatic heterocycles. The molecule has 0 saturated carbocycles. The fourth-order valence-electron chi connectivity index (χ4n) is 1.66. The zero-order chi connectivity index (χ0) is 11.7. The quantitative estimate of drug-likeness (QED) is 0.874. The predicted molar refractivity (Wildman–Crippen MR) is 65.4 cm³/mol. The van der Waals surface area contributed by atoms with Gasteiger partial charge in [0.05, 0.1) is 10.6 Å². The molecule has 1 amide bonds. The van der Waals surface area contributed by atoms with Crippen molar-refractivity contribution in [2.75, 3.05) is 0 Å². The highest BCUT2D eigenvalue weighted by atomic mass is 32.1. The lowest BCUT2D eigenvalue weighted by Crippen LogP contribution is -2.25. The van der Waals surface area contributed by atoms with Crippen molar-refractivity contribution in [1.82, 2.24) is 15.2 Å². The molecular formula is C11H10N4OS. The maximum atomic E-state index is 11.0. The van der Waals surface area contributed by atoms with Gasteiger partial charge in [-0.3, -0.25) is 4.79 Å². The van der Waals surface area contributed by atoms with E-state index in [-0.39, 0.29) is 5.91 Å². The predicted octanol–water partition coefficient (Wildman–Crippen LogP) is 1.55. The largest absolute Gasteiger partial charge is 0.273 e. The minimum atomic E-state index is -0.0161. The number of aromatic nitrogens is 2. The van der Waals surface area contributed by atoms with Crippen molar-refractivity contribution in [1.29, 1.82) is 0 Å². The zero-order valence-electron chi connectivity index (χ0n) is 8.96. The van der Waals surface area contributed by atoms with Crippen LogP contribution in [0.2, 0.25) is 0 Å². The van der Waals surface area contributed by atoms with Crippen molar-refractivity contribution < 1.29 is 4.79 Å². The van der Waals surface area contributed by atoms with Gasteiger partial charge in [0.2, 0.25) is 5.91 Å². The highest BCUT2D eigenvalue weighted by molar-refractivity contribution is 7.16. The molecular weight excluding hydrogens is 236 g/mol. The number of hydrogen-bond acceptors (Lipinski definition) is 4. The fraction of sp³-hybridized carbons (Fsp3) is 0.182. The molecule has 17 heavy (non-hydrogen) atoms. The van der Waals surface area contributed by atoms with Crippen LogP contribution in [0, 0.1) is 0 Å². The summed E-state index contributed by atoms with van der Waals surface area (Å²) in [5.74, 6) is -0.0161. The first kappa shape index (κ1) is 10.2. The van der Waals surface area contributed by atoms with Gasteiger partial charge in [-0.05, 0) is 18.2 Å². The summed E-state index contributed by atoms with van der Waals surface area (Å²) in [5, 5.41) is 9.29. The van der Waals surface area contributed by atoms with Crippen LogP contribution < -0.4 is 5.43 Å². The maximum absolute atomic E-state index is 11.0. The lowest BCUT2D eigenvalue weighted by Gasteiger charge is -2.09. The van der Waals surface area contributed by atoms with Crippen molar-refractivity contribution in [3.05, 3.63) is 35.5 Å². The summed E-state index contributed by atoms with van der Waals surface area (Å²) in [7, 11) is 0. The summed E-state index contributed by atoms with van der Waals surface area (Å²) in [5.41, 5.74) is 3.45. The Morgan fingerprint density at radius 1 is 1.35 bits per heavy atom. The van der Waals surface area contributed by atoms with Crippen molar-refractivity contribution in [3.8, 4) is 5.00 Å². The maximum Gasteiger partial charge on any atom is 0.240 e. The highest BCUT2D eigenvalue weighted by Crippen LogP contribution is 2.22. The first-order chi connectivity index (χ1) is 8.33. The van der Waals surface area contributed by atoms with E-state index in [0.717, 1.165) is 15.6 Å². The second-order valence-electron chi connectivity index (χ2n) is 3.68. The van der Waals surface area contributed by atoms with Crippen molar-refractivity contribution in [2.45, 2.75) is 12.8 Å². The van der Waals surface area contributed by atoms with Gasteiger partial charge in [0.25, 0.3) is 0 Å². The van der Waals surface area contributed by atoms with E-state index in [4.69, 9.17) is 0 Å². The molecule has 6 heteroatoms. The van der Waals surface area contributed by atoms with Crippen LogP contribution in [0.3, 0.4) is 0 Å². The van der Waals surface area contributed by atoms with E-state index in [1.165, 1.54) is 0 Å². The lowest BCUT2D eigenvalue weighted by molar-refractivity contribution is -0.121. The first-order valence-corrected chi connectivity index (χ1v) is 6.10. The third-order valence-corrected chi connectivity index (χ3v) is 3.63. The molecule has 0 aliphatic carbocycles. The van der Waals surface area contributed by atoms with Crippen LogP contribution in [0.4, 0.5) is 0 Å². The van der Waals surface area contributed by atoms with Gasteiger partial charge in [-0.15, -0.1) is 11.3 Å². The molecule has 2 aromatic heterocycles. The Kier molecular flexibility index (Phi) is 2.49. The van der Waals surface area contributed by atoms with E-state index in [1.807, 2.05) is 29.1 Å². The summed E-state index contributed by atoms with van der Waals surface area (Å²) in [6, 6.07) is 5.90. The van der Waals surface area contributed by atoms with Gasteiger partial charge in [-0.1, -0.05) is 0 Å². The minimum absolute atomic E-state index is 0.0161. The second-order valence-corrected chi connectivity index (χ2v) is 4.74. The summed E-state index contributed by atoms with van der Waals surface area (Å²) >= 11 is 1.62. The van der Waals surface area contributed by atoms with Gasteiger partial charge in [-0.2, -0.15) is 10.2 Å². The number of hydrazone groups is 1. The second kappa shape index (κ2) is 4.14. The number of nitrogens with one attached hydrogen (secondary N) is 1. The van der Waals surface area contributed by atoms with Crippen molar-refractivity contribution in [2.24, 2.45) is 5.10 Å². The van der Waals surface area contributed by atoms with Crippen LogP contribution in [0.5, 0.6) is 0 Å². The average molecular weight is 246 g/mol. The van der Waals surface area contributed by atoms with Gasteiger partial charge >= 0.3 is 0 Å². The molecule has 0 unspecified atom stereocenters. The van der Waals surface area contributed by atoms with E-state index in [0.29, 0.717) is 12.8 Å². The van der Waals surface area contributed by atoms with Crippen LogP contribution in [-0.4, -0.2) is 21.4 Å². The first-order valence-electron chi connectivity index (χ1n) is 5.28. The van der Waals surface area contributed by atoms with E-state index in [2.05, 4.69) is 15.6 Å². The Labute approximate surface area is 102 Å². The number of rotatable bonds is 2. The van der Waals surface area contributed by atoms with Crippen LogP contribution in [0.15, 0.2) is 35.7 Å². The summed E-state index contributed by atoms with van der Waals surface area (Å²) in [6.45, 7) is 0. The molecule has 0 atom stereocenters. The fourth-order valence-corrected chi connectivity index (χ4v) is 2.62. The van der Waals surface area contributed by atoms with Crippen LogP contribution in [0.1, 0.15) is 17.7 Å². The number of carbonyl (C=O) groups excluding carboxylic acids is 1. The van der Waals surface area contributed by atoms with Gasteiger partial charge in [0.15, 0.2) is 0 Å². The average Bonchev–Trinajstić information content (AvgIpc) is 3.00. The number of thiophene rings is 1. The molecule has 0 spiro atoms. The molecule has 0 fully saturated rings. The monoisotopic (exact) mass is 246 g/mol. The summed E-state index contributed by atoms with van der Waals surface area (Å²) < 4.78 is 1.82. The van der Waals surface area contributed by atoms with E-state index < -0.39 is 0 Å². The Morgan fingerprint density at radius 2 is 2.29 bits per heavy atom. The Hall–Kier alpha value is -1.95. The SMILES string of the molecule is O=C1CCC(c2ccc(-n3cccn3)s2)=NN1. The van der Waals surface area contributed by atoms with Gasteiger partial charge in [0.1, 0.15) is 5.00 Å². The molecule has 0 aromatic carbocycles. The van der Waals surface area contributed by atoms with Gasteiger partial charge in [-0.25, -0.2) is 10.1 Å². The third-order valence-electron chi connectivity index (χ3n) is 2.51. The van der Waals surface area contributed by atoms with Crippen molar-refractivity contribution in [3.63, 3.8) is 0 Å². The molecule has 86 valence electrons. The van der Waals surface area contributed by atoms with E-state index in [9.17, 15) is 4.79 Å². The highest BCUT2D eigenvalue weighted by Gasteiger charge is 2.15. The van der Waals surface area contributed by atoms with Gasteiger partial charge in [0, 0.05) is 25.2 Å². The Bertz CT molecular complexity index is 570.